The number of hydrogen-bond acceptors (Lipinski definition) is 4. The fourth-order valence-electron chi connectivity index (χ4n) is 3.09. The van der Waals surface area contributed by atoms with Gasteiger partial charge in [0.1, 0.15) is 11.3 Å². The van der Waals surface area contributed by atoms with Crippen molar-refractivity contribution in [2.45, 2.75) is 25.9 Å². The molecular formula is C21H19N3O3. The van der Waals surface area contributed by atoms with Crippen LogP contribution >= 0.6 is 0 Å². The molecule has 2 aromatic carbocycles. The van der Waals surface area contributed by atoms with Crippen molar-refractivity contribution in [1.82, 2.24) is 14.9 Å². The minimum Gasteiger partial charge on any atom is -0.459 e. The Labute approximate surface area is 155 Å². The molecule has 2 heterocycles. The smallest absolute Gasteiger partial charge is 0.261 e. The van der Waals surface area contributed by atoms with Crippen LogP contribution in [0.2, 0.25) is 0 Å². The van der Waals surface area contributed by atoms with Crippen molar-refractivity contribution in [2.24, 2.45) is 0 Å². The zero-order valence-electron chi connectivity index (χ0n) is 14.9. The molecule has 0 saturated carbocycles. The Morgan fingerprint density at radius 2 is 1.96 bits per heavy atom. The predicted octanol–water partition coefficient (Wildman–Crippen LogP) is 3.41. The lowest BCUT2D eigenvalue weighted by atomic mass is 10.2. The Balaban J connectivity index is 1.42. The molecule has 0 aliphatic heterocycles. The van der Waals surface area contributed by atoms with Gasteiger partial charge in [-0.1, -0.05) is 30.3 Å². The van der Waals surface area contributed by atoms with Gasteiger partial charge in [-0.3, -0.25) is 14.2 Å². The van der Waals surface area contributed by atoms with E-state index >= 15 is 0 Å². The van der Waals surface area contributed by atoms with Crippen molar-refractivity contribution in [2.75, 3.05) is 0 Å². The number of fused-ring (bicyclic) bond motifs is 2. The second-order valence-corrected chi connectivity index (χ2v) is 6.49. The number of furan rings is 1. The number of rotatable bonds is 5. The monoisotopic (exact) mass is 361 g/mol. The van der Waals surface area contributed by atoms with Gasteiger partial charge in [0.2, 0.25) is 5.91 Å². The van der Waals surface area contributed by atoms with Gasteiger partial charge in [0.05, 0.1) is 23.3 Å². The number of nitrogens with zero attached hydrogens (tertiary/aromatic N) is 2. The molecule has 0 bridgehead atoms. The van der Waals surface area contributed by atoms with Gasteiger partial charge >= 0.3 is 0 Å². The number of carbonyl (C=O) groups is 1. The van der Waals surface area contributed by atoms with E-state index in [9.17, 15) is 9.59 Å². The number of carbonyl (C=O) groups excluding carboxylic acids is 1. The Morgan fingerprint density at radius 3 is 2.81 bits per heavy atom. The molecule has 0 saturated heterocycles. The van der Waals surface area contributed by atoms with Crippen LogP contribution in [-0.2, 0) is 11.3 Å². The number of aromatic nitrogens is 2. The topological polar surface area (TPSA) is 77.1 Å². The minimum absolute atomic E-state index is 0.140. The van der Waals surface area contributed by atoms with Gasteiger partial charge in [0, 0.05) is 18.4 Å². The van der Waals surface area contributed by atoms with E-state index in [4.69, 9.17) is 4.42 Å². The molecule has 4 aromatic rings. The van der Waals surface area contributed by atoms with E-state index in [1.165, 1.54) is 10.9 Å². The number of nitrogens with one attached hydrogen (secondary N) is 1. The standard InChI is InChI=1S/C21H19N3O3/c1-14(19-12-15-6-2-5-9-18(15)27-19)23-20(25)10-11-24-13-22-17-8-4-3-7-16(17)21(24)26/h2-9,12-14H,10-11H2,1H3,(H,23,25)/t14-/m1/s1. The first-order valence-electron chi connectivity index (χ1n) is 8.84. The number of para-hydroxylation sites is 2. The van der Waals surface area contributed by atoms with Crippen LogP contribution in [0.4, 0.5) is 0 Å². The number of benzene rings is 2. The zero-order valence-corrected chi connectivity index (χ0v) is 14.9. The second kappa shape index (κ2) is 7.07. The van der Waals surface area contributed by atoms with E-state index in [-0.39, 0.29) is 30.5 Å². The Bertz CT molecular complexity index is 1140. The van der Waals surface area contributed by atoms with E-state index in [0.29, 0.717) is 16.7 Å². The Hall–Kier alpha value is -3.41. The summed E-state index contributed by atoms with van der Waals surface area (Å²) in [4.78, 5) is 29.0. The fraction of sp³-hybridized carbons (Fsp3) is 0.190. The molecule has 6 heteroatoms. The summed E-state index contributed by atoms with van der Waals surface area (Å²) in [6, 6.07) is 16.6. The van der Waals surface area contributed by atoms with E-state index < -0.39 is 0 Å². The van der Waals surface area contributed by atoms with Crippen molar-refractivity contribution in [3.63, 3.8) is 0 Å². The van der Waals surface area contributed by atoms with Gasteiger partial charge in [-0.05, 0) is 31.2 Å². The van der Waals surface area contributed by atoms with Crippen molar-refractivity contribution >= 4 is 27.8 Å². The van der Waals surface area contributed by atoms with E-state index in [1.54, 1.807) is 18.2 Å². The Morgan fingerprint density at radius 1 is 1.19 bits per heavy atom. The molecule has 27 heavy (non-hydrogen) atoms. The van der Waals surface area contributed by atoms with Crippen LogP contribution in [0.5, 0.6) is 0 Å². The molecule has 1 amide bonds. The lowest BCUT2D eigenvalue weighted by Crippen LogP contribution is -2.29. The predicted molar refractivity (Wildman–Crippen MR) is 103 cm³/mol. The third-order valence-corrected chi connectivity index (χ3v) is 4.56. The summed E-state index contributed by atoms with van der Waals surface area (Å²) >= 11 is 0. The van der Waals surface area contributed by atoms with Crippen LogP contribution in [0, 0.1) is 0 Å². The first-order valence-corrected chi connectivity index (χ1v) is 8.84. The summed E-state index contributed by atoms with van der Waals surface area (Å²) in [6.07, 6.45) is 1.67. The molecule has 0 radical (unpaired) electrons. The second-order valence-electron chi connectivity index (χ2n) is 6.49. The summed E-state index contributed by atoms with van der Waals surface area (Å²) < 4.78 is 7.25. The van der Waals surface area contributed by atoms with Crippen molar-refractivity contribution < 1.29 is 9.21 Å². The zero-order chi connectivity index (χ0) is 18.8. The van der Waals surface area contributed by atoms with Crippen LogP contribution in [0.1, 0.15) is 25.1 Å². The minimum atomic E-state index is -0.253. The lowest BCUT2D eigenvalue weighted by Gasteiger charge is -2.12. The molecule has 0 fully saturated rings. The molecule has 0 aliphatic carbocycles. The molecule has 1 N–H and O–H groups in total. The molecule has 2 aromatic heterocycles. The third kappa shape index (κ3) is 3.46. The van der Waals surface area contributed by atoms with E-state index in [1.807, 2.05) is 43.3 Å². The molecular weight excluding hydrogens is 342 g/mol. The van der Waals surface area contributed by atoms with E-state index in [0.717, 1.165) is 11.0 Å². The third-order valence-electron chi connectivity index (χ3n) is 4.56. The summed E-state index contributed by atoms with van der Waals surface area (Å²) in [5.74, 6) is 0.553. The average molecular weight is 361 g/mol. The first-order chi connectivity index (χ1) is 13.1. The largest absolute Gasteiger partial charge is 0.459 e. The number of aryl methyl sites for hydroxylation is 1. The average Bonchev–Trinajstić information content (AvgIpc) is 3.12. The van der Waals surface area contributed by atoms with Gasteiger partial charge in [0.15, 0.2) is 0 Å². The first kappa shape index (κ1) is 17.0. The highest BCUT2D eigenvalue weighted by atomic mass is 16.3. The summed E-state index contributed by atoms with van der Waals surface area (Å²) in [5.41, 5.74) is 1.31. The van der Waals surface area contributed by atoms with E-state index in [2.05, 4.69) is 10.3 Å². The van der Waals surface area contributed by atoms with Crippen LogP contribution in [0.15, 0.2) is 70.1 Å². The quantitative estimate of drug-likeness (QED) is 0.591. The lowest BCUT2D eigenvalue weighted by molar-refractivity contribution is -0.122. The van der Waals surface area contributed by atoms with Crippen LogP contribution < -0.4 is 10.9 Å². The number of hydrogen-bond donors (Lipinski definition) is 1. The van der Waals surface area contributed by atoms with Crippen LogP contribution in [0.25, 0.3) is 21.9 Å². The maximum absolute atomic E-state index is 12.5. The highest BCUT2D eigenvalue weighted by Gasteiger charge is 2.14. The van der Waals surface area contributed by atoms with Gasteiger partial charge in [-0.2, -0.15) is 0 Å². The molecule has 0 unspecified atom stereocenters. The van der Waals surface area contributed by atoms with Gasteiger partial charge in [-0.25, -0.2) is 4.98 Å². The summed E-state index contributed by atoms with van der Waals surface area (Å²) in [7, 11) is 0. The molecule has 4 rings (SSSR count). The Kier molecular flexibility index (Phi) is 4.46. The summed E-state index contributed by atoms with van der Waals surface area (Å²) in [6.45, 7) is 2.15. The van der Waals surface area contributed by atoms with Gasteiger partial charge in [-0.15, -0.1) is 0 Å². The molecule has 1 atom stereocenters. The highest BCUT2D eigenvalue weighted by molar-refractivity contribution is 5.79. The fourth-order valence-corrected chi connectivity index (χ4v) is 3.09. The number of amides is 1. The summed E-state index contributed by atoms with van der Waals surface area (Å²) in [5, 5.41) is 4.47. The molecule has 136 valence electrons. The van der Waals surface area contributed by atoms with Crippen molar-refractivity contribution in [1.29, 1.82) is 0 Å². The molecule has 0 spiro atoms. The molecule has 0 aliphatic rings. The van der Waals surface area contributed by atoms with Crippen molar-refractivity contribution in [3.05, 3.63) is 77.0 Å². The van der Waals surface area contributed by atoms with Gasteiger partial charge in [0.25, 0.3) is 5.56 Å². The maximum atomic E-state index is 12.5. The van der Waals surface area contributed by atoms with Crippen LogP contribution in [0.3, 0.4) is 0 Å². The van der Waals surface area contributed by atoms with Crippen molar-refractivity contribution in [3.8, 4) is 0 Å². The normalized spacial score (nSPS) is 12.3. The SMILES string of the molecule is C[C@@H](NC(=O)CCn1cnc2ccccc2c1=O)c1cc2ccccc2o1. The highest BCUT2D eigenvalue weighted by Crippen LogP contribution is 2.23. The molecule has 6 nitrogen and oxygen atoms in total. The van der Waals surface area contributed by atoms with Gasteiger partial charge < -0.3 is 9.73 Å². The van der Waals surface area contributed by atoms with Crippen LogP contribution in [-0.4, -0.2) is 15.5 Å². The maximum Gasteiger partial charge on any atom is 0.261 e.